The van der Waals surface area contributed by atoms with Crippen LogP contribution in [0, 0.1) is 18.6 Å². The largest absolute Gasteiger partial charge is 0.340 e. The highest BCUT2D eigenvalue weighted by atomic mass is 35.5. The summed E-state index contributed by atoms with van der Waals surface area (Å²) in [4.78, 5) is 18.9. The first-order valence-corrected chi connectivity index (χ1v) is 11.6. The number of aryl methyl sites for hydroxylation is 1. The van der Waals surface area contributed by atoms with E-state index in [2.05, 4.69) is 5.32 Å². The van der Waals surface area contributed by atoms with Gasteiger partial charge in [-0.1, -0.05) is 25.4 Å². The van der Waals surface area contributed by atoms with Crippen molar-refractivity contribution in [1.29, 1.82) is 0 Å². The predicted molar refractivity (Wildman–Crippen MR) is 132 cm³/mol. The summed E-state index contributed by atoms with van der Waals surface area (Å²) in [6, 6.07) is 9.23. The van der Waals surface area contributed by atoms with Gasteiger partial charge in [0.15, 0.2) is 11.6 Å². The molecule has 2 aromatic carbocycles. The number of rotatable bonds is 4. The average molecular weight is 490 g/mol. The van der Waals surface area contributed by atoms with Crippen LogP contribution in [0.4, 0.5) is 20.3 Å². The lowest BCUT2D eigenvalue weighted by Crippen LogP contribution is -2.53. The minimum absolute atomic E-state index is 0.104. The molecule has 3 aromatic rings. The van der Waals surface area contributed by atoms with E-state index >= 15 is 0 Å². The van der Waals surface area contributed by atoms with E-state index in [4.69, 9.17) is 22.3 Å². The summed E-state index contributed by atoms with van der Waals surface area (Å²) in [7, 11) is 0. The number of fused-ring (bicyclic) bond motifs is 1. The fraction of sp³-hybridized carbons (Fsp3) is 0.360. The van der Waals surface area contributed by atoms with Crippen LogP contribution >= 0.6 is 11.6 Å². The number of anilines is 2. The van der Waals surface area contributed by atoms with Crippen LogP contribution in [-0.2, 0) is 16.9 Å². The van der Waals surface area contributed by atoms with Crippen LogP contribution < -0.4 is 11.1 Å². The molecule has 0 spiro atoms. The van der Waals surface area contributed by atoms with Gasteiger partial charge >= 0.3 is 0 Å². The van der Waals surface area contributed by atoms with Gasteiger partial charge in [-0.05, 0) is 62.7 Å². The zero-order chi connectivity index (χ0) is 25.2. The predicted octanol–water partition coefficient (Wildman–Crippen LogP) is 5.60. The summed E-state index contributed by atoms with van der Waals surface area (Å²) in [6.45, 7) is 10.5. The summed E-state index contributed by atoms with van der Waals surface area (Å²) in [5.74, 6) is -0.847. The first-order chi connectivity index (χ1) is 16.1. The third-order valence-electron chi connectivity index (χ3n) is 5.71. The summed E-state index contributed by atoms with van der Waals surface area (Å²) < 4.78 is 29.6. The molecule has 1 aliphatic heterocycles. The summed E-state index contributed by atoms with van der Waals surface area (Å²) in [5, 5.41) is 3.93. The molecule has 3 N–H and O–H groups in total. The second kappa shape index (κ2) is 10.1. The van der Waals surface area contributed by atoms with Gasteiger partial charge in [0.05, 0.1) is 12.1 Å². The molecular weight excluding hydrogens is 460 g/mol. The summed E-state index contributed by atoms with van der Waals surface area (Å²) in [6.07, 6.45) is 0. The zero-order valence-corrected chi connectivity index (χ0v) is 20.8. The topological polar surface area (TPSA) is 76.2 Å². The zero-order valence-electron chi connectivity index (χ0n) is 20.0. The maximum absolute atomic E-state index is 14.1. The molecule has 4 rings (SSSR count). The number of nitrogens with zero attached hydrogens (tertiary/aromatic N) is 3. The van der Waals surface area contributed by atoms with Gasteiger partial charge in [0.2, 0.25) is 5.91 Å². The molecule has 1 aliphatic rings. The molecule has 0 bridgehead atoms. The molecule has 0 atom stereocenters. The fourth-order valence-corrected chi connectivity index (χ4v) is 4.49. The highest BCUT2D eigenvalue weighted by molar-refractivity contribution is 6.31. The Balaban J connectivity index is 0.00000158. The van der Waals surface area contributed by atoms with Crippen molar-refractivity contribution in [3.05, 3.63) is 64.4 Å². The Morgan fingerprint density at radius 1 is 1.15 bits per heavy atom. The van der Waals surface area contributed by atoms with E-state index in [1.807, 2.05) is 51.3 Å². The number of nitrogens with two attached hydrogens (primary N) is 1. The van der Waals surface area contributed by atoms with Crippen molar-refractivity contribution in [1.82, 2.24) is 14.5 Å². The average Bonchev–Trinajstić information content (AvgIpc) is 3.15. The van der Waals surface area contributed by atoms with Crippen molar-refractivity contribution in [2.75, 3.05) is 18.4 Å². The van der Waals surface area contributed by atoms with Crippen molar-refractivity contribution in [3.8, 4) is 11.3 Å². The molecule has 2 heterocycles. The number of aromatic nitrogens is 2. The molecule has 0 fully saturated rings. The third-order valence-corrected chi connectivity index (χ3v) is 5.93. The summed E-state index contributed by atoms with van der Waals surface area (Å²) in [5.41, 5.74) is 7.42. The van der Waals surface area contributed by atoms with Gasteiger partial charge in [0.25, 0.3) is 0 Å². The van der Waals surface area contributed by atoms with Crippen molar-refractivity contribution in [2.45, 2.75) is 46.7 Å². The Kier molecular flexibility index (Phi) is 7.63. The molecule has 0 aliphatic carbocycles. The van der Waals surface area contributed by atoms with Crippen LogP contribution in [-0.4, -0.2) is 33.4 Å². The van der Waals surface area contributed by atoms with E-state index < -0.39 is 17.2 Å². The molecule has 1 amide bonds. The van der Waals surface area contributed by atoms with Gasteiger partial charge < -0.3 is 20.5 Å². The molecule has 34 heavy (non-hydrogen) atoms. The van der Waals surface area contributed by atoms with Gasteiger partial charge in [0.1, 0.15) is 17.3 Å². The monoisotopic (exact) mass is 489 g/mol. The molecule has 182 valence electrons. The van der Waals surface area contributed by atoms with Gasteiger partial charge in [-0.2, -0.15) is 0 Å². The van der Waals surface area contributed by atoms with Crippen LogP contribution in [0.2, 0.25) is 5.02 Å². The van der Waals surface area contributed by atoms with E-state index in [1.165, 1.54) is 6.07 Å². The van der Waals surface area contributed by atoms with E-state index in [9.17, 15) is 13.6 Å². The number of nitrogens with one attached hydrogen (secondary N) is 1. The van der Waals surface area contributed by atoms with Crippen LogP contribution in [0.5, 0.6) is 0 Å². The third kappa shape index (κ3) is 4.79. The number of hydrogen-bond donors (Lipinski definition) is 2. The second-order valence-corrected chi connectivity index (χ2v) is 8.80. The van der Waals surface area contributed by atoms with Crippen molar-refractivity contribution in [2.24, 2.45) is 5.73 Å². The van der Waals surface area contributed by atoms with E-state index in [1.54, 1.807) is 11.0 Å². The molecule has 0 radical (unpaired) electrons. The first kappa shape index (κ1) is 25.6. The summed E-state index contributed by atoms with van der Waals surface area (Å²) >= 11 is 6.23. The first-order valence-electron chi connectivity index (χ1n) is 11.2. The highest BCUT2D eigenvalue weighted by Crippen LogP contribution is 2.40. The van der Waals surface area contributed by atoms with E-state index in [0.29, 0.717) is 41.0 Å². The van der Waals surface area contributed by atoms with Crippen molar-refractivity contribution >= 4 is 29.0 Å². The minimum Gasteiger partial charge on any atom is -0.340 e. The number of amides is 1. The van der Waals surface area contributed by atoms with Crippen LogP contribution in [0.3, 0.4) is 0 Å². The molecule has 1 aromatic heterocycles. The number of imidazole rings is 1. The quantitative estimate of drug-likeness (QED) is 0.500. The maximum Gasteiger partial charge on any atom is 0.237 e. The Morgan fingerprint density at radius 3 is 2.47 bits per heavy atom. The Bertz CT molecular complexity index is 1190. The highest BCUT2D eigenvalue weighted by Gasteiger charge is 2.41. The smallest absolute Gasteiger partial charge is 0.237 e. The molecule has 0 saturated carbocycles. The van der Waals surface area contributed by atoms with E-state index in [-0.39, 0.29) is 12.5 Å². The molecule has 9 heteroatoms. The van der Waals surface area contributed by atoms with Crippen molar-refractivity contribution in [3.63, 3.8) is 0 Å². The standard InChI is InChI=1S/C23H24ClF2N5O.C2H6/c1-13-8-15(24)11-16(9-13)28-21-20(14-4-5-17(25)18(26)10-14)29-22-23(2,3)31(19(32)12-27)7-6-30(21)22;1-2/h4-5,8-11,28H,6-7,12,27H2,1-3H3;1-2H3. The maximum atomic E-state index is 14.1. The number of hydrogen-bond acceptors (Lipinski definition) is 4. The lowest BCUT2D eigenvalue weighted by atomic mass is 9.99. The van der Waals surface area contributed by atoms with E-state index in [0.717, 1.165) is 23.4 Å². The van der Waals surface area contributed by atoms with Crippen molar-refractivity contribution < 1.29 is 13.6 Å². The number of halogens is 3. The minimum atomic E-state index is -0.961. The number of benzene rings is 2. The van der Waals surface area contributed by atoms with Gasteiger partial charge in [-0.25, -0.2) is 13.8 Å². The fourth-order valence-electron chi connectivity index (χ4n) is 4.20. The molecule has 0 saturated heterocycles. The molecular formula is C25H30ClF2N5O. The lowest BCUT2D eigenvalue weighted by Gasteiger charge is -2.42. The SMILES string of the molecule is CC.Cc1cc(Cl)cc(Nc2c(-c3ccc(F)c(F)c3)nc3n2CCN(C(=O)CN)C3(C)C)c1. The Morgan fingerprint density at radius 2 is 1.85 bits per heavy atom. The number of carbonyl (C=O) groups excluding carboxylic acids is 1. The Labute approximate surface area is 203 Å². The Hall–Kier alpha value is -2.97. The van der Waals surface area contributed by atoms with Crippen LogP contribution in [0.15, 0.2) is 36.4 Å². The van der Waals surface area contributed by atoms with Crippen LogP contribution in [0.1, 0.15) is 39.1 Å². The van der Waals surface area contributed by atoms with Gasteiger partial charge in [-0.15, -0.1) is 0 Å². The lowest BCUT2D eigenvalue weighted by molar-refractivity contribution is -0.137. The van der Waals surface area contributed by atoms with Gasteiger partial charge in [0, 0.05) is 29.4 Å². The van der Waals surface area contributed by atoms with Gasteiger partial charge in [-0.3, -0.25) is 4.79 Å². The van der Waals surface area contributed by atoms with Crippen LogP contribution in [0.25, 0.3) is 11.3 Å². The molecule has 6 nitrogen and oxygen atoms in total. The number of carbonyl (C=O) groups is 1. The normalized spacial score (nSPS) is 14.2. The second-order valence-electron chi connectivity index (χ2n) is 8.36. The molecule has 0 unspecified atom stereocenters.